The molecule has 1 aromatic heterocycles. The van der Waals surface area contributed by atoms with Gasteiger partial charge in [-0.15, -0.1) is 0 Å². The molecular formula is C21H28N4O7. The maximum atomic E-state index is 11.9. The predicted octanol–water partition coefficient (Wildman–Crippen LogP) is 1.39. The van der Waals surface area contributed by atoms with E-state index in [4.69, 9.17) is 20.3 Å². The first-order valence-electron chi connectivity index (χ1n) is 9.94. The standard InChI is InChI=1S/C21H28N4O7/c1-21(2,3)32-20(30)23-9-4-10-25-11-15(18(22)27)17(24-25)13-5-7-14(8-6-13)31-12-16(26)19(28)29/h5-8,11,16,26H,4,9-10,12H2,1-3H3,(H2,22,27)(H,23,30)(H,28,29)/t16-/m1/s1. The summed E-state index contributed by atoms with van der Waals surface area (Å²) in [6.45, 7) is 5.74. The number of primary amides is 1. The normalized spacial score (nSPS) is 12.1. The number of aliphatic hydroxyl groups is 1. The number of aliphatic hydroxyl groups excluding tert-OH is 1. The first-order chi connectivity index (χ1) is 15.0. The number of nitrogens with one attached hydrogen (secondary N) is 1. The Morgan fingerprint density at radius 1 is 1.22 bits per heavy atom. The largest absolute Gasteiger partial charge is 0.490 e. The van der Waals surface area contributed by atoms with E-state index in [1.807, 2.05) is 0 Å². The van der Waals surface area contributed by atoms with Crippen molar-refractivity contribution in [1.29, 1.82) is 0 Å². The number of alkyl carbamates (subject to hydrolysis) is 1. The van der Waals surface area contributed by atoms with E-state index in [1.165, 1.54) is 0 Å². The molecule has 32 heavy (non-hydrogen) atoms. The van der Waals surface area contributed by atoms with E-state index >= 15 is 0 Å². The van der Waals surface area contributed by atoms with Crippen LogP contribution in [0.5, 0.6) is 5.75 Å². The van der Waals surface area contributed by atoms with Gasteiger partial charge in [0, 0.05) is 24.8 Å². The summed E-state index contributed by atoms with van der Waals surface area (Å²) in [6.07, 6.45) is -0.0398. The van der Waals surface area contributed by atoms with Crippen LogP contribution >= 0.6 is 0 Å². The Kier molecular flexibility index (Phi) is 8.19. The Bertz CT molecular complexity index is 948. The van der Waals surface area contributed by atoms with Crippen molar-refractivity contribution in [2.45, 2.75) is 45.4 Å². The third-order valence-electron chi connectivity index (χ3n) is 4.08. The fourth-order valence-corrected chi connectivity index (χ4v) is 2.63. The molecular weight excluding hydrogens is 420 g/mol. The molecule has 0 saturated carbocycles. The minimum atomic E-state index is -1.63. The summed E-state index contributed by atoms with van der Waals surface area (Å²) in [7, 11) is 0. The number of aliphatic carboxylic acids is 1. The molecule has 0 aliphatic heterocycles. The van der Waals surface area contributed by atoms with E-state index in [1.54, 1.807) is 55.9 Å². The fraction of sp³-hybridized carbons (Fsp3) is 0.429. The first-order valence-corrected chi connectivity index (χ1v) is 9.94. The minimum Gasteiger partial charge on any atom is -0.490 e. The molecule has 0 aliphatic carbocycles. The molecule has 11 nitrogen and oxygen atoms in total. The number of carbonyl (C=O) groups is 3. The molecule has 0 fully saturated rings. The molecule has 0 saturated heterocycles. The number of nitrogens with two attached hydrogens (primary N) is 1. The van der Waals surface area contributed by atoms with Crippen molar-refractivity contribution in [3.05, 3.63) is 36.0 Å². The number of rotatable bonds is 10. The van der Waals surface area contributed by atoms with Crippen molar-refractivity contribution in [2.75, 3.05) is 13.2 Å². The van der Waals surface area contributed by atoms with Crippen molar-refractivity contribution >= 4 is 18.0 Å². The number of carboxylic acids is 1. The molecule has 0 spiro atoms. The van der Waals surface area contributed by atoms with E-state index in [0.29, 0.717) is 36.5 Å². The summed E-state index contributed by atoms with van der Waals surface area (Å²) in [4.78, 5) is 34.2. The van der Waals surface area contributed by atoms with Gasteiger partial charge in [-0.1, -0.05) is 0 Å². The van der Waals surface area contributed by atoms with Crippen LogP contribution in [0.4, 0.5) is 4.79 Å². The molecule has 5 N–H and O–H groups in total. The van der Waals surface area contributed by atoms with Crippen LogP contribution in [0.25, 0.3) is 11.3 Å². The van der Waals surface area contributed by atoms with E-state index in [-0.39, 0.29) is 5.56 Å². The lowest BCUT2D eigenvalue weighted by molar-refractivity contribution is -0.148. The van der Waals surface area contributed by atoms with Crippen LogP contribution in [0.2, 0.25) is 0 Å². The third kappa shape index (κ3) is 7.58. The van der Waals surface area contributed by atoms with Gasteiger partial charge in [0.15, 0.2) is 6.10 Å². The van der Waals surface area contributed by atoms with Gasteiger partial charge in [0.05, 0.1) is 5.56 Å². The van der Waals surface area contributed by atoms with E-state index in [9.17, 15) is 19.5 Å². The molecule has 0 aliphatic rings. The Labute approximate surface area is 185 Å². The third-order valence-corrected chi connectivity index (χ3v) is 4.08. The van der Waals surface area contributed by atoms with Gasteiger partial charge >= 0.3 is 12.1 Å². The zero-order valence-corrected chi connectivity index (χ0v) is 18.2. The lowest BCUT2D eigenvalue weighted by Gasteiger charge is -2.19. The van der Waals surface area contributed by atoms with Crippen LogP contribution in [-0.2, 0) is 16.1 Å². The molecule has 174 valence electrons. The predicted molar refractivity (Wildman–Crippen MR) is 114 cm³/mol. The Morgan fingerprint density at radius 3 is 2.44 bits per heavy atom. The Hall–Kier alpha value is -3.60. The molecule has 0 bridgehead atoms. The number of ether oxygens (including phenoxy) is 2. The Balaban J connectivity index is 1.99. The topological polar surface area (TPSA) is 166 Å². The van der Waals surface area contributed by atoms with Crippen LogP contribution in [0.1, 0.15) is 37.6 Å². The van der Waals surface area contributed by atoms with Gasteiger partial charge in [0.2, 0.25) is 0 Å². The van der Waals surface area contributed by atoms with Crippen molar-refractivity contribution in [2.24, 2.45) is 5.73 Å². The highest BCUT2D eigenvalue weighted by Crippen LogP contribution is 2.24. The maximum absolute atomic E-state index is 11.9. The number of carboxylic acid groups (broad SMARTS) is 1. The van der Waals surface area contributed by atoms with Crippen LogP contribution in [-0.4, -0.2) is 62.8 Å². The van der Waals surface area contributed by atoms with Crippen LogP contribution in [0.15, 0.2) is 30.5 Å². The average molecular weight is 448 g/mol. The smallest absolute Gasteiger partial charge is 0.407 e. The molecule has 2 rings (SSSR count). The Morgan fingerprint density at radius 2 is 1.88 bits per heavy atom. The minimum absolute atomic E-state index is 0.236. The van der Waals surface area contributed by atoms with Crippen LogP contribution in [0, 0.1) is 0 Å². The van der Waals surface area contributed by atoms with Gasteiger partial charge in [-0.2, -0.15) is 5.10 Å². The molecule has 1 atom stereocenters. The van der Waals surface area contributed by atoms with Gasteiger partial charge in [-0.25, -0.2) is 9.59 Å². The van der Waals surface area contributed by atoms with E-state index < -0.39 is 36.3 Å². The van der Waals surface area contributed by atoms with Gasteiger partial charge < -0.3 is 30.7 Å². The van der Waals surface area contributed by atoms with Crippen molar-refractivity contribution in [1.82, 2.24) is 15.1 Å². The summed E-state index contributed by atoms with van der Waals surface area (Å²) in [5, 5.41) is 25.0. The van der Waals surface area contributed by atoms with Crippen molar-refractivity contribution < 1.29 is 34.1 Å². The lowest BCUT2D eigenvalue weighted by Crippen LogP contribution is -2.33. The van der Waals surface area contributed by atoms with E-state index in [2.05, 4.69) is 10.4 Å². The van der Waals surface area contributed by atoms with Gasteiger partial charge in [-0.3, -0.25) is 9.48 Å². The second-order valence-electron chi connectivity index (χ2n) is 7.99. The first kappa shape index (κ1) is 24.7. The summed E-state index contributed by atoms with van der Waals surface area (Å²) < 4.78 is 12.0. The second kappa shape index (κ2) is 10.6. The molecule has 0 radical (unpaired) electrons. The highest BCUT2D eigenvalue weighted by atomic mass is 16.6. The second-order valence-corrected chi connectivity index (χ2v) is 7.99. The number of hydrogen-bond acceptors (Lipinski definition) is 7. The summed E-state index contributed by atoms with van der Waals surface area (Å²) >= 11 is 0. The van der Waals surface area contributed by atoms with Crippen molar-refractivity contribution in [3.8, 4) is 17.0 Å². The lowest BCUT2D eigenvalue weighted by atomic mass is 10.1. The number of amides is 2. The maximum Gasteiger partial charge on any atom is 0.407 e. The molecule has 1 aromatic carbocycles. The number of carbonyl (C=O) groups excluding carboxylic acids is 2. The van der Waals surface area contributed by atoms with Crippen molar-refractivity contribution in [3.63, 3.8) is 0 Å². The van der Waals surface area contributed by atoms with Gasteiger partial charge in [-0.05, 0) is 51.5 Å². The van der Waals surface area contributed by atoms with Gasteiger partial charge in [0.25, 0.3) is 5.91 Å². The summed E-state index contributed by atoms with van der Waals surface area (Å²) in [5.74, 6) is -1.66. The monoisotopic (exact) mass is 448 g/mol. The highest BCUT2D eigenvalue weighted by molar-refractivity contribution is 5.98. The number of hydrogen-bond donors (Lipinski definition) is 4. The zero-order valence-electron chi connectivity index (χ0n) is 18.2. The summed E-state index contributed by atoms with van der Waals surface area (Å²) in [6, 6.07) is 6.42. The van der Waals surface area contributed by atoms with Gasteiger partial charge in [0.1, 0.15) is 23.7 Å². The number of aromatic nitrogens is 2. The summed E-state index contributed by atoms with van der Waals surface area (Å²) in [5.41, 5.74) is 6.14. The molecule has 1 heterocycles. The fourth-order valence-electron chi connectivity index (χ4n) is 2.63. The molecule has 2 aromatic rings. The number of benzene rings is 1. The van der Waals surface area contributed by atoms with E-state index in [0.717, 1.165) is 0 Å². The average Bonchev–Trinajstić information content (AvgIpc) is 3.13. The van der Waals surface area contributed by atoms with Crippen LogP contribution < -0.4 is 15.8 Å². The number of nitrogens with zero attached hydrogens (tertiary/aromatic N) is 2. The SMILES string of the molecule is CC(C)(C)OC(=O)NCCCn1cc(C(N)=O)c(-c2ccc(OC[C@@H](O)C(=O)O)cc2)n1. The molecule has 11 heteroatoms. The molecule has 0 unspecified atom stereocenters. The quantitative estimate of drug-likeness (QED) is 0.396. The number of aryl methyl sites for hydroxylation is 1. The molecule has 2 amide bonds. The highest BCUT2D eigenvalue weighted by Gasteiger charge is 2.18. The van der Waals surface area contributed by atoms with Crippen LogP contribution in [0.3, 0.4) is 0 Å². The zero-order chi connectivity index (χ0) is 23.9.